The summed E-state index contributed by atoms with van der Waals surface area (Å²) in [5.41, 5.74) is 0. The lowest BCUT2D eigenvalue weighted by Crippen LogP contribution is -2.13. The molecule has 0 saturated carbocycles. The summed E-state index contributed by atoms with van der Waals surface area (Å²) in [6, 6.07) is 12.2. The predicted octanol–water partition coefficient (Wildman–Crippen LogP) is 11.3. The lowest BCUT2D eigenvalue weighted by Gasteiger charge is -2.26. The molecule has 0 atom stereocenters. The summed E-state index contributed by atoms with van der Waals surface area (Å²) in [6.45, 7) is 18.9. The molecule has 4 aromatic carbocycles. The van der Waals surface area contributed by atoms with E-state index < -0.39 is 17.9 Å². The Labute approximate surface area is 372 Å². The second-order valence-corrected chi connectivity index (χ2v) is 14.8. The van der Waals surface area contributed by atoms with Gasteiger partial charge in [-0.2, -0.15) is 0 Å². The van der Waals surface area contributed by atoms with Crippen LogP contribution in [0.25, 0.3) is 32.3 Å². The number of hydrogen-bond acceptors (Lipinski definition) is 12. The maximum absolute atomic E-state index is 11.9. The van der Waals surface area contributed by atoms with Crippen molar-refractivity contribution in [3.05, 3.63) is 74.4 Å². The number of hydrogen-bond donors (Lipinski definition) is 0. The third-order valence-corrected chi connectivity index (χ3v) is 10.0. The largest absolute Gasteiger partial charge is 0.490 e. The van der Waals surface area contributed by atoms with E-state index in [-0.39, 0.29) is 51.1 Å². The van der Waals surface area contributed by atoms with E-state index in [1.807, 2.05) is 24.3 Å². The van der Waals surface area contributed by atoms with Crippen LogP contribution >= 0.6 is 0 Å². The van der Waals surface area contributed by atoms with E-state index in [9.17, 15) is 14.4 Å². The third kappa shape index (κ3) is 14.6. The van der Waals surface area contributed by atoms with Crippen LogP contribution in [0.15, 0.2) is 74.4 Å². The van der Waals surface area contributed by atoms with Crippen LogP contribution in [0.5, 0.6) is 34.5 Å². The summed E-state index contributed by atoms with van der Waals surface area (Å²) in [7, 11) is 0. The standard InChI is InChI=1S/C51H66O12/c1-7-13-18-28-55-40-27-26-39-37-24-16-17-25-38(37)45-46(44(39)47(40)59-29-19-14-8-2)49(60-30-20-15-9-3)51(63-36-23-33-58-43(54)12-6)50(62-35-22-32-57-42(53)11-5)48(45)61-34-21-31-56-41(52)10-4/h10-12,16-17,24-27H,4-9,13-15,18-23,28-36H2,1-3H3. The minimum atomic E-state index is -0.536. The fourth-order valence-electron chi connectivity index (χ4n) is 6.90. The molecule has 0 aliphatic rings. The maximum atomic E-state index is 11.9. The Morgan fingerprint density at radius 1 is 0.397 bits per heavy atom. The monoisotopic (exact) mass is 870 g/mol. The average Bonchev–Trinajstić information content (AvgIpc) is 3.30. The highest BCUT2D eigenvalue weighted by atomic mass is 16.6. The van der Waals surface area contributed by atoms with Crippen LogP contribution in [0.2, 0.25) is 0 Å². The molecule has 4 rings (SSSR count). The lowest BCUT2D eigenvalue weighted by atomic mass is 9.91. The molecular weight excluding hydrogens is 805 g/mol. The topological polar surface area (TPSA) is 134 Å². The normalized spacial score (nSPS) is 10.9. The second kappa shape index (κ2) is 27.9. The Hall–Kier alpha value is -5.91. The van der Waals surface area contributed by atoms with E-state index in [0.29, 0.717) is 72.9 Å². The molecule has 0 spiro atoms. The van der Waals surface area contributed by atoms with Gasteiger partial charge in [-0.3, -0.25) is 0 Å². The SMILES string of the molecule is C=CC(=O)OCCCOc1c(OCCCOC(=O)C=C)c(OCCCCC)c2c3c(OCCCCC)c(OCCCCC)ccc3c3ccccc3c2c1OCCCOC(=O)C=C. The highest BCUT2D eigenvalue weighted by molar-refractivity contribution is 6.31. The Kier molecular flexibility index (Phi) is 22.0. The summed E-state index contributed by atoms with van der Waals surface area (Å²) in [4.78, 5) is 35.8. The highest BCUT2D eigenvalue weighted by Gasteiger charge is 2.31. The van der Waals surface area contributed by atoms with Crippen molar-refractivity contribution in [3.63, 3.8) is 0 Å². The first kappa shape index (κ1) is 49.7. The number of unbranched alkanes of at least 4 members (excludes halogenated alkanes) is 6. The van der Waals surface area contributed by atoms with Crippen LogP contribution in [-0.4, -0.2) is 77.4 Å². The van der Waals surface area contributed by atoms with E-state index in [1.54, 1.807) is 0 Å². The average molecular weight is 871 g/mol. The van der Waals surface area contributed by atoms with Gasteiger partial charge in [-0.05, 0) is 47.6 Å². The molecule has 63 heavy (non-hydrogen) atoms. The van der Waals surface area contributed by atoms with Gasteiger partial charge in [0.05, 0.1) is 59.5 Å². The molecule has 12 heteroatoms. The number of fused-ring (bicyclic) bond motifs is 6. The summed E-state index contributed by atoms with van der Waals surface area (Å²) in [5.74, 6) is 0.983. The van der Waals surface area contributed by atoms with Crippen molar-refractivity contribution in [3.8, 4) is 34.5 Å². The zero-order valence-corrected chi connectivity index (χ0v) is 37.6. The van der Waals surface area contributed by atoms with Gasteiger partial charge in [-0.1, -0.05) is 103 Å². The number of ether oxygens (including phenoxy) is 9. The molecular formula is C51H66O12. The van der Waals surface area contributed by atoms with E-state index in [0.717, 1.165) is 97.6 Å². The van der Waals surface area contributed by atoms with Crippen molar-refractivity contribution >= 4 is 50.2 Å². The smallest absolute Gasteiger partial charge is 0.330 e. The molecule has 342 valence electrons. The van der Waals surface area contributed by atoms with E-state index in [2.05, 4.69) is 52.6 Å². The summed E-state index contributed by atoms with van der Waals surface area (Å²) in [5, 5.41) is 4.90. The van der Waals surface area contributed by atoms with Gasteiger partial charge in [0.1, 0.15) is 0 Å². The first-order valence-electron chi connectivity index (χ1n) is 22.5. The molecule has 0 fully saturated rings. The van der Waals surface area contributed by atoms with Crippen LogP contribution < -0.4 is 28.4 Å². The van der Waals surface area contributed by atoms with E-state index in [1.165, 1.54) is 0 Å². The van der Waals surface area contributed by atoms with Gasteiger partial charge >= 0.3 is 17.9 Å². The van der Waals surface area contributed by atoms with E-state index >= 15 is 0 Å². The molecule has 0 amide bonds. The van der Waals surface area contributed by atoms with Gasteiger partial charge in [-0.15, -0.1) is 0 Å². The number of rotatable bonds is 33. The molecule has 0 unspecified atom stereocenters. The van der Waals surface area contributed by atoms with Gasteiger partial charge < -0.3 is 42.6 Å². The van der Waals surface area contributed by atoms with Crippen molar-refractivity contribution < 1.29 is 57.0 Å². The number of carbonyl (C=O) groups is 3. The van der Waals surface area contributed by atoms with Crippen LogP contribution in [0.3, 0.4) is 0 Å². The van der Waals surface area contributed by atoms with Crippen LogP contribution in [0.4, 0.5) is 0 Å². The van der Waals surface area contributed by atoms with Gasteiger partial charge in [0.2, 0.25) is 11.5 Å². The van der Waals surface area contributed by atoms with Gasteiger partial charge in [-0.25, -0.2) is 14.4 Å². The summed E-state index contributed by atoms with van der Waals surface area (Å²) >= 11 is 0. The first-order valence-corrected chi connectivity index (χ1v) is 22.5. The van der Waals surface area contributed by atoms with Crippen molar-refractivity contribution in [1.82, 2.24) is 0 Å². The number of carbonyl (C=O) groups excluding carboxylic acids is 3. The van der Waals surface area contributed by atoms with Crippen molar-refractivity contribution in [2.45, 2.75) is 97.8 Å². The predicted molar refractivity (Wildman–Crippen MR) is 248 cm³/mol. The molecule has 0 saturated heterocycles. The molecule has 4 aromatic rings. The summed E-state index contributed by atoms with van der Waals surface area (Å²) < 4.78 is 56.3. The third-order valence-electron chi connectivity index (χ3n) is 10.0. The van der Waals surface area contributed by atoms with Crippen molar-refractivity contribution in [2.24, 2.45) is 0 Å². The minimum absolute atomic E-state index is 0.0852. The van der Waals surface area contributed by atoms with Crippen LogP contribution in [0, 0.1) is 0 Å². The Balaban J connectivity index is 2.12. The quantitative estimate of drug-likeness (QED) is 0.0148. The zero-order valence-electron chi connectivity index (χ0n) is 37.6. The zero-order chi connectivity index (χ0) is 45.2. The molecule has 0 aliphatic heterocycles. The highest BCUT2D eigenvalue weighted by Crippen LogP contribution is 2.57. The molecule has 0 aliphatic carbocycles. The first-order chi connectivity index (χ1) is 30.8. The van der Waals surface area contributed by atoms with Crippen LogP contribution in [0.1, 0.15) is 97.8 Å². The van der Waals surface area contributed by atoms with E-state index in [4.69, 9.17) is 42.6 Å². The Morgan fingerprint density at radius 3 is 1.22 bits per heavy atom. The van der Waals surface area contributed by atoms with Crippen molar-refractivity contribution in [2.75, 3.05) is 59.5 Å². The fraction of sp³-hybridized carbons (Fsp3) is 0.471. The fourth-order valence-corrected chi connectivity index (χ4v) is 6.90. The Bertz CT molecular complexity index is 2120. The Morgan fingerprint density at radius 2 is 0.762 bits per heavy atom. The molecule has 0 bridgehead atoms. The molecule has 12 nitrogen and oxygen atoms in total. The molecule has 0 heterocycles. The molecule has 0 N–H and O–H groups in total. The van der Waals surface area contributed by atoms with Gasteiger partial charge in [0, 0.05) is 53.6 Å². The van der Waals surface area contributed by atoms with Gasteiger partial charge in [0.25, 0.3) is 0 Å². The van der Waals surface area contributed by atoms with Crippen LogP contribution in [-0.2, 0) is 28.6 Å². The maximum Gasteiger partial charge on any atom is 0.330 e. The lowest BCUT2D eigenvalue weighted by molar-refractivity contribution is -0.138. The van der Waals surface area contributed by atoms with Crippen molar-refractivity contribution in [1.29, 1.82) is 0 Å². The molecule has 0 radical (unpaired) electrons. The number of benzene rings is 4. The number of esters is 3. The van der Waals surface area contributed by atoms with Gasteiger partial charge in [0.15, 0.2) is 23.0 Å². The minimum Gasteiger partial charge on any atom is -0.490 e. The second-order valence-electron chi connectivity index (χ2n) is 14.8. The summed E-state index contributed by atoms with van der Waals surface area (Å²) in [6.07, 6.45) is 12.9. The molecule has 0 aromatic heterocycles.